The van der Waals surface area contributed by atoms with E-state index in [0.29, 0.717) is 10.8 Å². The Balaban J connectivity index is 2.42. The third-order valence-corrected chi connectivity index (χ3v) is 6.50. The summed E-state index contributed by atoms with van der Waals surface area (Å²) in [6, 6.07) is -1.22. The van der Waals surface area contributed by atoms with Crippen LogP contribution in [0.5, 0.6) is 0 Å². The number of hydrogen-bond donors (Lipinski definition) is 7. The molecule has 2 atom stereocenters. The molecule has 0 aromatic rings. The number of amides is 3. The van der Waals surface area contributed by atoms with E-state index in [1.807, 2.05) is 0 Å². The first-order valence-electron chi connectivity index (χ1n) is 8.51. The van der Waals surface area contributed by atoms with Crippen LogP contribution in [0.4, 0.5) is 0 Å². The first kappa shape index (κ1) is 25.2. The van der Waals surface area contributed by atoms with E-state index in [1.165, 1.54) is 0 Å². The number of carbonyl (C=O) groups is 4. The molecule has 0 heterocycles. The van der Waals surface area contributed by atoms with Crippen LogP contribution in [0.15, 0.2) is 22.6 Å². The molecule has 0 radical (unpaired) electrons. The Morgan fingerprint density at radius 3 is 2.48 bits per heavy atom. The second-order valence-corrected chi connectivity index (χ2v) is 9.70. The summed E-state index contributed by atoms with van der Waals surface area (Å²) in [6.07, 6.45) is 5.35. The average Bonchev–Trinajstić information content (AvgIpc) is 2.65. The maximum atomic E-state index is 12.1. The number of carboxylic acid groups (broad SMARTS) is 1. The summed E-state index contributed by atoms with van der Waals surface area (Å²) >= 11 is -1.90. The second kappa shape index (κ2) is 12.0. The predicted octanol–water partition coefficient (Wildman–Crippen LogP) is -2.86. The molecule has 8 N–H and O–H groups in total. The van der Waals surface area contributed by atoms with Gasteiger partial charge in [0.05, 0.1) is 13.1 Å². The van der Waals surface area contributed by atoms with Gasteiger partial charge in [-0.2, -0.15) is 0 Å². The third kappa shape index (κ3) is 9.46. The first-order valence-corrected chi connectivity index (χ1v) is 12.3. The number of aliphatic carboxylic acids is 1. The fourth-order valence-electron chi connectivity index (χ4n) is 2.26. The molecule has 3 amide bonds. The van der Waals surface area contributed by atoms with Crippen LogP contribution >= 0.6 is 11.8 Å². The minimum atomic E-state index is -2.94. The van der Waals surface area contributed by atoms with Crippen molar-refractivity contribution >= 4 is 50.8 Å². The summed E-state index contributed by atoms with van der Waals surface area (Å²) in [5, 5.41) is 16.5. The van der Waals surface area contributed by atoms with E-state index < -0.39 is 51.2 Å². The molecule has 0 aromatic carbocycles. The van der Waals surface area contributed by atoms with E-state index in [2.05, 4.69) is 16.0 Å². The average molecular weight is 492 g/mol. The van der Waals surface area contributed by atoms with Gasteiger partial charge in [-0.1, -0.05) is 0 Å². The Kier molecular flexibility index (Phi) is 10.4. The van der Waals surface area contributed by atoms with Gasteiger partial charge in [0.15, 0.2) is 0 Å². The fraction of sp³-hybridized carbons (Fsp3) is 0.500. The van der Waals surface area contributed by atoms with Crippen molar-refractivity contribution in [3.63, 3.8) is 0 Å². The molecule has 1 rings (SSSR count). The standard InChI is InChI=1S/C16H25AsN4O7S/c1-16(4-2-10(3-5-16)17(27)28)21-14(24)9-29-8-11(15(25)26)20-13(23)7-19-12(22)6-18/h2-4,11,27-28H,5-9,18H2,1H3,(H,19,22)(H,20,23)(H,21,24)(H,25,26). The number of thioether (sulfide) groups is 1. The molecular formula is C16H25AsN4O7S. The second-order valence-electron chi connectivity index (χ2n) is 6.38. The van der Waals surface area contributed by atoms with Crippen molar-refractivity contribution in [3.8, 4) is 0 Å². The van der Waals surface area contributed by atoms with Crippen LogP contribution in [0.25, 0.3) is 0 Å². The molecule has 11 nitrogen and oxygen atoms in total. The zero-order valence-corrected chi connectivity index (χ0v) is 18.4. The van der Waals surface area contributed by atoms with E-state index in [9.17, 15) is 32.5 Å². The van der Waals surface area contributed by atoms with Crippen molar-refractivity contribution in [2.45, 2.75) is 24.9 Å². The molecule has 0 aliphatic heterocycles. The molecule has 0 spiro atoms. The molecule has 0 saturated heterocycles. The molecule has 0 bridgehead atoms. The van der Waals surface area contributed by atoms with Crippen molar-refractivity contribution in [2.75, 3.05) is 24.6 Å². The molecule has 1 aliphatic rings. The summed E-state index contributed by atoms with van der Waals surface area (Å²) in [4.78, 5) is 46.1. The van der Waals surface area contributed by atoms with Gasteiger partial charge >= 0.3 is 137 Å². The molecule has 0 saturated carbocycles. The molecule has 0 aromatic heterocycles. The zero-order chi connectivity index (χ0) is 22.0. The SMILES string of the molecule is CC1(NC(=O)CSCC(NC(=O)CNC(=O)CN)C(=O)O)C=CC([As](O)O)=CC1. The van der Waals surface area contributed by atoms with Crippen LogP contribution in [-0.2, 0) is 19.2 Å². The summed E-state index contributed by atoms with van der Waals surface area (Å²) in [5.74, 6) is -2.88. The fourth-order valence-corrected chi connectivity index (χ4v) is 4.07. The number of nitrogens with one attached hydrogen (secondary N) is 3. The van der Waals surface area contributed by atoms with Crippen LogP contribution in [0.2, 0.25) is 0 Å². The molecular weight excluding hydrogens is 467 g/mol. The van der Waals surface area contributed by atoms with Gasteiger partial charge in [0, 0.05) is 0 Å². The van der Waals surface area contributed by atoms with Crippen LogP contribution < -0.4 is 21.7 Å². The number of nitrogens with two attached hydrogens (primary N) is 1. The quantitative estimate of drug-likeness (QED) is 0.149. The molecule has 13 heteroatoms. The molecule has 1 aliphatic carbocycles. The van der Waals surface area contributed by atoms with E-state index >= 15 is 0 Å². The number of allylic oxidation sites excluding steroid dienone is 2. The van der Waals surface area contributed by atoms with Gasteiger partial charge < -0.3 is 11.1 Å². The molecule has 29 heavy (non-hydrogen) atoms. The number of hydrogen-bond acceptors (Lipinski definition) is 8. The normalized spacial score (nSPS) is 19.3. The molecule has 2 unspecified atom stereocenters. The Hall–Kier alpha value is -1.85. The van der Waals surface area contributed by atoms with Crippen LogP contribution in [0.1, 0.15) is 13.3 Å². The van der Waals surface area contributed by atoms with Gasteiger partial charge in [-0.15, -0.1) is 0 Å². The number of rotatable bonds is 11. The third-order valence-electron chi connectivity index (χ3n) is 3.80. The van der Waals surface area contributed by atoms with E-state index in [1.54, 1.807) is 25.2 Å². The maximum absolute atomic E-state index is 12.1. The molecule has 0 fully saturated rings. The van der Waals surface area contributed by atoms with Gasteiger partial charge in [-0.05, 0) is 0 Å². The van der Waals surface area contributed by atoms with Crippen molar-refractivity contribution < 1.29 is 32.5 Å². The van der Waals surface area contributed by atoms with Crippen molar-refractivity contribution in [1.82, 2.24) is 16.0 Å². The summed E-state index contributed by atoms with van der Waals surface area (Å²) < 4.78 is 19.0. The van der Waals surface area contributed by atoms with E-state index in [4.69, 9.17) is 5.73 Å². The number of carboxylic acids is 1. The topological polar surface area (TPSA) is 191 Å². The zero-order valence-electron chi connectivity index (χ0n) is 15.8. The van der Waals surface area contributed by atoms with Gasteiger partial charge in [0.1, 0.15) is 0 Å². The van der Waals surface area contributed by atoms with Crippen molar-refractivity contribution in [3.05, 3.63) is 22.6 Å². The first-order chi connectivity index (χ1) is 13.6. The summed E-state index contributed by atoms with van der Waals surface area (Å²) in [7, 11) is 0. The van der Waals surface area contributed by atoms with Crippen molar-refractivity contribution in [2.24, 2.45) is 5.73 Å². The van der Waals surface area contributed by atoms with E-state index in [0.717, 1.165) is 11.8 Å². The predicted molar refractivity (Wildman–Crippen MR) is 108 cm³/mol. The molecule has 162 valence electrons. The summed E-state index contributed by atoms with van der Waals surface area (Å²) in [6.45, 7) is 1.10. The van der Waals surface area contributed by atoms with Crippen LogP contribution in [0, 0.1) is 0 Å². The van der Waals surface area contributed by atoms with Gasteiger partial charge in [0.2, 0.25) is 5.91 Å². The minimum absolute atomic E-state index is 0.0264. The van der Waals surface area contributed by atoms with Gasteiger partial charge in [-0.25, -0.2) is 0 Å². The Labute approximate surface area is 177 Å². The Morgan fingerprint density at radius 2 is 1.97 bits per heavy atom. The van der Waals surface area contributed by atoms with Gasteiger partial charge in [-0.3, -0.25) is 9.59 Å². The van der Waals surface area contributed by atoms with Crippen LogP contribution in [0.3, 0.4) is 0 Å². The van der Waals surface area contributed by atoms with Gasteiger partial charge in [0.25, 0.3) is 0 Å². The van der Waals surface area contributed by atoms with E-state index in [-0.39, 0.29) is 24.0 Å². The van der Waals surface area contributed by atoms with Crippen molar-refractivity contribution in [1.29, 1.82) is 0 Å². The monoisotopic (exact) mass is 492 g/mol. The Bertz CT molecular complexity index is 701. The Morgan fingerprint density at radius 1 is 1.28 bits per heavy atom. The number of carbonyl (C=O) groups excluding carboxylic acids is 3. The van der Waals surface area contributed by atoms with Crippen LogP contribution in [-0.4, -0.2) is 88.5 Å². The summed E-state index contributed by atoms with van der Waals surface area (Å²) in [5.41, 5.74) is 4.42.